The van der Waals surface area contributed by atoms with Crippen molar-refractivity contribution in [2.75, 3.05) is 32.8 Å². The summed E-state index contributed by atoms with van der Waals surface area (Å²) in [4.78, 5) is 35.8. The van der Waals surface area contributed by atoms with Crippen molar-refractivity contribution in [3.8, 4) is 0 Å². The third-order valence-electron chi connectivity index (χ3n) is 6.07. The van der Waals surface area contributed by atoms with Crippen LogP contribution in [0.1, 0.15) is 23.5 Å². The van der Waals surface area contributed by atoms with Crippen molar-refractivity contribution in [1.82, 2.24) is 14.8 Å². The zero-order valence-electron chi connectivity index (χ0n) is 23.9. The molecule has 2 aromatic rings. The molecule has 0 aromatic carbocycles. The van der Waals surface area contributed by atoms with Gasteiger partial charge in [0.25, 0.3) is 0 Å². The molecule has 0 radical (unpaired) electrons. The number of rotatable bonds is 4. The number of furan rings is 1. The first-order valence-corrected chi connectivity index (χ1v) is 13.0. The van der Waals surface area contributed by atoms with E-state index in [-0.39, 0.29) is 0 Å². The summed E-state index contributed by atoms with van der Waals surface area (Å²) in [6.45, 7) is 8.96. The molecule has 3 N–H and O–H groups in total. The van der Waals surface area contributed by atoms with E-state index in [0.29, 0.717) is 12.0 Å². The number of carboxylic acids is 3. The normalized spacial score (nSPS) is 19.0. The Bertz CT molecular complexity index is 1180. The van der Waals surface area contributed by atoms with Gasteiger partial charge in [0.05, 0.1) is 19.3 Å². The number of piperidine rings is 1. The Kier molecular flexibility index (Phi) is 15.4. The maximum absolute atomic E-state index is 10.6. The second-order valence-electron chi connectivity index (χ2n) is 9.70. The third kappa shape index (κ3) is 15.9. The molecule has 2 aliphatic heterocycles. The van der Waals surface area contributed by atoms with Crippen LogP contribution in [-0.2, 0) is 32.2 Å². The molecule has 0 aliphatic carbocycles. The average Bonchev–Trinajstić information content (AvgIpc) is 3.23. The molecule has 2 saturated heterocycles. The van der Waals surface area contributed by atoms with Crippen LogP contribution in [0.5, 0.6) is 0 Å². The second kappa shape index (κ2) is 17.7. The van der Waals surface area contributed by atoms with Crippen molar-refractivity contribution in [3.63, 3.8) is 0 Å². The first kappa shape index (κ1) is 40.1. The molecule has 46 heavy (non-hydrogen) atoms. The van der Waals surface area contributed by atoms with Gasteiger partial charge in [0, 0.05) is 44.5 Å². The van der Waals surface area contributed by atoms with Crippen LogP contribution in [0.3, 0.4) is 0 Å². The Morgan fingerprint density at radius 1 is 0.783 bits per heavy atom. The number of aromatic nitrogens is 1. The summed E-state index contributed by atoms with van der Waals surface area (Å²) in [6, 6.07) is 8.35. The maximum Gasteiger partial charge on any atom is 0.490 e. The monoisotopic (exact) mass is 683 g/mol. The van der Waals surface area contributed by atoms with Crippen molar-refractivity contribution in [2.45, 2.75) is 51.1 Å². The molecule has 0 saturated carbocycles. The SMILES string of the molecule is Cc1ccc(CN2CC[C@@H]3CN(Cc4ccncc4)CCO[C@@H]3C2)o1.O=C(O)C(F)(F)F.O=C(O)C(F)(F)F.O=C(O)C(F)(F)F. The van der Waals surface area contributed by atoms with Gasteiger partial charge in [-0.25, -0.2) is 14.4 Å². The predicted octanol–water partition coefficient (Wildman–Crippen LogP) is 4.61. The Hall–Kier alpha value is -3.91. The van der Waals surface area contributed by atoms with Crippen LogP contribution in [0.4, 0.5) is 39.5 Å². The molecule has 4 heterocycles. The lowest BCUT2D eigenvalue weighted by Gasteiger charge is -2.37. The topological polar surface area (TPSA) is 154 Å². The Morgan fingerprint density at radius 2 is 1.26 bits per heavy atom. The summed E-state index contributed by atoms with van der Waals surface area (Å²) in [5, 5.41) is 21.4. The first-order valence-electron chi connectivity index (χ1n) is 13.0. The fraction of sp³-hybridized carbons (Fsp3) is 0.538. The lowest BCUT2D eigenvalue weighted by atomic mass is 9.93. The van der Waals surface area contributed by atoms with Crippen molar-refractivity contribution in [1.29, 1.82) is 0 Å². The number of aliphatic carboxylic acids is 3. The number of ether oxygens (including phenoxy) is 1. The number of aryl methyl sites for hydroxylation is 1. The highest BCUT2D eigenvalue weighted by Crippen LogP contribution is 2.26. The van der Waals surface area contributed by atoms with E-state index in [2.05, 4.69) is 33.0 Å². The molecule has 4 rings (SSSR count). The number of hydrogen-bond donors (Lipinski definition) is 3. The van der Waals surface area contributed by atoms with E-state index in [0.717, 1.165) is 57.4 Å². The highest BCUT2D eigenvalue weighted by Gasteiger charge is 2.39. The van der Waals surface area contributed by atoms with Crippen molar-refractivity contribution < 1.29 is 78.4 Å². The molecule has 0 amide bonds. The minimum atomic E-state index is -5.08. The highest BCUT2D eigenvalue weighted by atomic mass is 19.4. The molecule has 0 unspecified atom stereocenters. The van der Waals surface area contributed by atoms with E-state index in [1.54, 1.807) is 0 Å². The lowest BCUT2D eigenvalue weighted by Crippen LogP contribution is -2.46. The smallest absolute Gasteiger partial charge is 0.475 e. The number of nitrogens with zero attached hydrogens (tertiary/aromatic N) is 3. The molecule has 11 nitrogen and oxygen atoms in total. The molecule has 0 spiro atoms. The van der Waals surface area contributed by atoms with E-state index in [9.17, 15) is 39.5 Å². The highest BCUT2D eigenvalue weighted by molar-refractivity contribution is 5.73. The number of hydrogen-bond acceptors (Lipinski definition) is 8. The molecular formula is C26H30F9N3O8. The lowest BCUT2D eigenvalue weighted by molar-refractivity contribution is -0.193. The van der Waals surface area contributed by atoms with Crippen molar-refractivity contribution in [3.05, 3.63) is 53.7 Å². The fourth-order valence-electron chi connectivity index (χ4n) is 4.01. The van der Waals surface area contributed by atoms with Gasteiger partial charge < -0.3 is 24.5 Å². The van der Waals surface area contributed by atoms with Gasteiger partial charge in [0.1, 0.15) is 11.5 Å². The minimum Gasteiger partial charge on any atom is -0.475 e. The molecule has 2 fully saturated rings. The van der Waals surface area contributed by atoms with Gasteiger partial charge in [0.15, 0.2) is 0 Å². The predicted molar refractivity (Wildman–Crippen MR) is 137 cm³/mol. The molecule has 2 aromatic heterocycles. The van der Waals surface area contributed by atoms with Gasteiger partial charge in [-0.05, 0) is 49.7 Å². The summed E-state index contributed by atoms with van der Waals surface area (Å²) in [5.74, 6) is -5.60. The zero-order chi connectivity index (χ0) is 35.3. The molecule has 20 heteroatoms. The van der Waals surface area contributed by atoms with Gasteiger partial charge >= 0.3 is 36.4 Å². The van der Waals surface area contributed by atoms with Gasteiger partial charge in [-0.1, -0.05) is 0 Å². The van der Waals surface area contributed by atoms with Gasteiger partial charge in [-0.15, -0.1) is 0 Å². The summed E-state index contributed by atoms with van der Waals surface area (Å²) in [7, 11) is 0. The van der Waals surface area contributed by atoms with Crippen LogP contribution in [0.15, 0.2) is 41.1 Å². The number of halogens is 9. The van der Waals surface area contributed by atoms with E-state index < -0.39 is 36.4 Å². The molecule has 2 aliphatic rings. The van der Waals surface area contributed by atoms with Crippen LogP contribution >= 0.6 is 0 Å². The molecule has 0 bridgehead atoms. The summed E-state index contributed by atoms with van der Waals surface area (Å²) in [6.07, 6.45) is -9.97. The maximum atomic E-state index is 10.6. The Morgan fingerprint density at radius 3 is 1.70 bits per heavy atom. The average molecular weight is 684 g/mol. The number of carbonyl (C=O) groups is 3. The zero-order valence-corrected chi connectivity index (χ0v) is 23.9. The number of pyridine rings is 1. The van der Waals surface area contributed by atoms with Gasteiger partial charge in [0.2, 0.25) is 0 Å². The van der Waals surface area contributed by atoms with Crippen LogP contribution in [0.2, 0.25) is 0 Å². The molecule has 2 atom stereocenters. The van der Waals surface area contributed by atoms with Crippen molar-refractivity contribution >= 4 is 17.9 Å². The van der Waals surface area contributed by atoms with Crippen LogP contribution in [-0.4, -0.2) is 105 Å². The largest absolute Gasteiger partial charge is 0.490 e. The van der Waals surface area contributed by atoms with E-state index in [1.807, 2.05) is 25.4 Å². The van der Waals surface area contributed by atoms with E-state index in [1.165, 1.54) is 12.0 Å². The number of fused-ring (bicyclic) bond motifs is 1. The minimum absolute atomic E-state index is 0.340. The number of alkyl halides is 9. The van der Waals surface area contributed by atoms with Crippen LogP contribution in [0.25, 0.3) is 0 Å². The number of carboxylic acid groups (broad SMARTS) is 3. The summed E-state index contributed by atoms with van der Waals surface area (Å²) in [5.41, 5.74) is 1.33. The van der Waals surface area contributed by atoms with Crippen LogP contribution in [0, 0.1) is 12.8 Å². The Balaban J connectivity index is 0.000000413. The summed E-state index contributed by atoms with van der Waals surface area (Å²) >= 11 is 0. The molecule has 260 valence electrons. The van der Waals surface area contributed by atoms with E-state index in [4.69, 9.17) is 38.9 Å². The second-order valence-corrected chi connectivity index (χ2v) is 9.70. The Labute approximate surface area is 255 Å². The first-order chi connectivity index (χ1) is 21.1. The molecular weight excluding hydrogens is 653 g/mol. The van der Waals surface area contributed by atoms with Crippen LogP contribution < -0.4 is 0 Å². The van der Waals surface area contributed by atoms with E-state index >= 15 is 0 Å². The summed E-state index contributed by atoms with van der Waals surface area (Å²) < 4.78 is 107. The standard InChI is InChI=1S/C20H27N3O2.3C2HF3O2/c1-16-2-3-19(25-16)14-22-9-6-18-13-23(10-11-24-20(18)15-22)12-17-4-7-21-8-5-17;3*3-2(4,5)1(6)7/h2-5,7-8,18,20H,6,9-15H2,1H3;3*(H,6,7)/t18-,20-;;;/m1.../s1. The fourth-order valence-corrected chi connectivity index (χ4v) is 4.01. The van der Waals surface area contributed by atoms with Gasteiger partial charge in [-0.3, -0.25) is 14.8 Å². The van der Waals surface area contributed by atoms with Crippen molar-refractivity contribution in [2.24, 2.45) is 5.92 Å². The third-order valence-corrected chi connectivity index (χ3v) is 6.07. The number of likely N-dealkylation sites (tertiary alicyclic amines) is 1. The quantitative estimate of drug-likeness (QED) is 0.388. The van der Waals surface area contributed by atoms with Gasteiger partial charge in [-0.2, -0.15) is 39.5 Å².